The minimum absolute atomic E-state index is 0.0877. The Labute approximate surface area is 117 Å². The van der Waals surface area contributed by atoms with Crippen LogP contribution < -0.4 is 4.74 Å². The van der Waals surface area contributed by atoms with E-state index in [1.165, 1.54) is 24.5 Å². The normalized spacial score (nSPS) is 10.7. The molecule has 0 saturated heterocycles. The Morgan fingerprint density at radius 1 is 1.30 bits per heavy atom. The lowest BCUT2D eigenvalue weighted by Gasteiger charge is -2.07. The summed E-state index contributed by atoms with van der Waals surface area (Å²) >= 11 is 5.96. The molecule has 0 aliphatic carbocycles. The number of ether oxygens (including phenoxy) is 1. The summed E-state index contributed by atoms with van der Waals surface area (Å²) in [4.78, 5) is 14.1. The van der Waals surface area contributed by atoms with Gasteiger partial charge in [0.2, 0.25) is 0 Å². The summed E-state index contributed by atoms with van der Waals surface area (Å²) < 4.78 is 7.17. The number of aromatic nitrogens is 3. The third-order valence-corrected chi connectivity index (χ3v) is 2.90. The maximum atomic E-state index is 10.6. The zero-order valence-electron chi connectivity index (χ0n) is 9.93. The topological polar surface area (TPSA) is 82.6 Å². The molecule has 8 heteroatoms. The number of hydrogen-bond acceptors (Lipinski definition) is 5. The molecule has 3 aromatic rings. The lowest BCUT2D eigenvalue weighted by Crippen LogP contribution is -1.91. The van der Waals surface area contributed by atoms with Crippen LogP contribution in [-0.2, 0) is 0 Å². The summed E-state index contributed by atoms with van der Waals surface area (Å²) in [6, 6.07) is 7.40. The highest BCUT2D eigenvalue weighted by Crippen LogP contribution is 2.32. The highest BCUT2D eigenvalue weighted by Gasteiger charge is 2.11. The molecule has 0 fully saturated rings. The van der Waals surface area contributed by atoms with Crippen LogP contribution in [0.15, 0.2) is 42.9 Å². The first-order chi connectivity index (χ1) is 9.63. The van der Waals surface area contributed by atoms with E-state index in [0.717, 1.165) is 0 Å². The largest absolute Gasteiger partial charge is 0.456 e. The van der Waals surface area contributed by atoms with Gasteiger partial charge < -0.3 is 4.74 Å². The van der Waals surface area contributed by atoms with Crippen molar-refractivity contribution in [3.63, 3.8) is 0 Å². The van der Waals surface area contributed by atoms with E-state index < -0.39 is 4.92 Å². The second kappa shape index (κ2) is 4.78. The van der Waals surface area contributed by atoms with Crippen molar-refractivity contribution in [1.82, 2.24) is 14.6 Å². The van der Waals surface area contributed by atoms with Crippen LogP contribution in [0.25, 0.3) is 5.65 Å². The van der Waals surface area contributed by atoms with Crippen LogP contribution in [0.1, 0.15) is 0 Å². The predicted molar refractivity (Wildman–Crippen MR) is 71.2 cm³/mol. The molecule has 0 unspecified atom stereocenters. The smallest absolute Gasteiger partial charge is 0.271 e. The summed E-state index contributed by atoms with van der Waals surface area (Å²) in [5.41, 5.74) is 0.538. The number of nitrogens with zero attached hydrogens (tertiary/aromatic N) is 4. The molecule has 100 valence electrons. The number of pyridine rings is 1. The monoisotopic (exact) mass is 290 g/mol. The summed E-state index contributed by atoms with van der Waals surface area (Å²) in [7, 11) is 0. The van der Waals surface area contributed by atoms with E-state index in [0.29, 0.717) is 17.1 Å². The Kier molecular flexibility index (Phi) is 2.96. The van der Waals surface area contributed by atoms with E-state index in [2.05, 4.69) is 10.1 Å². The Hall–Kier alpha value is -2.67. The van der Waals surface area contributed by atoms with Crippen LogP contribution in [0.5, 0.6) is 11.5 Å². The molecule has 3 rings (SSSR count). The van der Waals surface area contributed by atoms with E-state index in [1.54, 1.807) is 22.8 Å². The fourth-order valence-corrected chi connectivity index (χ4v) is 1.89. The van der Waals surface area contributed by atoms with Gasteiger partial charge in [0.15, 0.2) is 5.65 Å². The van der Waals surface area contributed by atoms with Gasteiger partial charge in [-0.25, -0.2) is 9.50 Å². The Morgan fingerprint density at radius 2 is 2.15 bits per heavy atom. The summed E-state index contributed by atoms with van der Waals surface area (Å²) in [6.07, 6.45) is 3.12. The van der Waals surface area contributed by atoms with E-state index in [-0.39, 0.29) is 10.7 Å². The van der Waals surface area contributed by atoms with Gasteiger partial charge in [-0.3, -0.25) is 10.1 Å². The maximum Gasteiger partial charge on any atom is 0.271 e. The first-order valence-corrected chi connectivity index (χ1v) is 5.92. The second-order valence-electron chi connectivity index (χ2n) is 3.90. The lowest BCUT2D eigenvalue weighted by atomic mass is 10.3. The minimum atomic E-state index is -0.516. The van der Waals surface area contributed by atoms with Crippen molar-refractivity contribution in [3.8, 4) is 11.5 Å². The third kappa shape index (κ3) is 2.26. The highest BCUT2D eigenvalue weighted by molar-refractivity contribution is 6.32. The quantitative estimate of drug-likeness (QED) is 0.547. The number of halogens is 1. The zero-order valence-corrected chi connectivity index (χ0v) is 10.7. The maximum absolute atomic E-state index is 10.6. The fourth-order valence-electron chi connectivity index (χ4n) is 1.67. The van der Waals surface area contributed by atoms with Gasteiger partial charge in [-0.05, 0) is 12.1 Å². The van der Waals surface area contributed by atoms with Crippen molar-refractivity contribution < 1.29 is 9.66 Å². The first kappa shape index (κ1) is 12.4. The van der Waals surface area contributed by atoms with Gasteiger partial charge in [-0.2, -0.15) is 5.10 Å². The van der Waals surface area contributed by atoms with Crippen LogP contribution in [0.3, 0.4) is 0 Å². The molecule has 0 amide bonds. The van der Waals surface area contributed by atoms with Crippen molar-refractivity contribution in [2.24, 2.45) is 0 Å². The molecule has 0 radical (unpaired) electrons. The molecule has 0 atom stereocenters. The molecule has 1 aromatic carbocycles. The van der Waals surface area contributed by atoms with Crippen LogP contribution in [-0.4, -0.2) is 19.5 Å². The number of rotatable bonds is 3. The lowest BCUT2D eigenvalue weighted by molar-refractivity contribution is -0.384. The molecule has 0 aliphatic heterocycles. The number of nitro groups is 1. The summed E-state index contributed by atoms with van der Waals surface area (Å²) in [5.74, 6) is 0.849. The van der Waals surface area contributed by atoms with Gasteiger partial charge in [0.25, 0.3) is 5.69 Å². The first-order valence-electron chi connectivity index (χ1n) is 5.55. The fraction of sp³-hybridized carbons (Fsp3) is 0. The van der Waals surface area contributed by atoms with Gasteiger partial charge in [-0.15, -0.1) is 0 Å². The van der Waals surface area contributed by atoms with Gasteiger partial charge in [0, 0.05) is 24.4 Å². The number of benzene rings is 1. The van der Waals surface area contributed by atoms with Gasteiger partial charge in [0.05, 0.1) is 9.95 Å². The van der Waals surface area contributed by atoms with Crippen molar-refractivity contribution in [2.75, 3.05) is 0 Å². The highest BCUT2D eigenvalue weighted by atomic mass is 35.5. The van der Waals surface area contributed by atoms with Crippen molar-refractivity contribution in [2.45, 2.75) is 0 Å². The molecular weight excluding hydrogens is 284 g/mol. The van der Waals surface area contributed by atoms with Crippen LogP contribution in [0, 0.1) is 10.1 Å². The zero-order chi connectivity index (χ0) is 14.1. The van der Waals surface area contributed by atoms with Gasteiger partial charge in [-0.1, -0.05) is 11.6 Å². The van der Waals surface area contributed by atoms with Crippen LogP contribution in [0.4, 0.5) is 5.69 Å². The molecule has 2 aromatic heterocycles. The molecule has 0 saturated carbocycles. The van der Waals surface area contributed by atoms with Crippen molar-refractivity contribution >= 4 is 22.9 Å². The molecule has 0 aliphatic rings. The van der Waals surface area contributed by atoms with Crippen LogP contribution >= 0.6 is 11.6 Å². The Balaban J connectivity index is 1.92. The Morgan fingerprint density at radius 3 is 2.90 bits per heavy atom. The number of non-ortho nitro benzene ring substituents is 1. The summed E-state index contributed by atoms with van der Waals surface area (Å²) in [5, 5.41) is 14.8. The van der Waals surface area contributed by atoms with Crippen molar-refractivity contribution in [3.05, 3.63) is 58.0 Å². The predicted octanol–water partition coefficient (Wildman–Crippen LogP) is 3.08. The average Bonchev–Trinajstić information content (AvgIpc) is 2.88. The average molecular weight is 291 g/mol. The van der Waals surface area contributed by atoms with Crippen molar-refractivity contribution in [1.29, 1.82) is 0 Å². The van der Waals surface area contributed by atoms with E-state index in [9.17, 15) is 10.1 Å². The van der Waals surface area contributed by atoms with Crippen LogP contribution in [0.2, 0.25) is 5.02 Å². The minimum Gasteiger partial charge on any atom is -0.456 e. The molecule has 0 spiro atoms. The molecule has 0 N–H and O–H groups in total. The molecule has 2 heterocycles. The SMILES string of the molecule is O=[N+]([O-])c1ccc(Oc2ccn3ncnc3c2)c(Cl)c1. The standard InChI is InChI=1S/C12H7ClN4O3/c13-10-5-8(17(18)19)1-2-11(10)20-9-3-4-16-12(6-9)14-7-15-16/h1-7H. The molecule has 20 heavy (non-hydrogen) atoms. The number of hydrogen-bond donors (Lipinski definition) is 0. The summed E-state index contributed by atoms with van der Waals surface area (Å²) in [6.45, 7) is 0. The third-order valence-electron chi connectivity index (χ3n) is 2.61. The number of fused-ring (bicyclic) bond motifs is 1. The molecule has 0 bridgehead atoms. The van der Waals surface area contributed by atoms with E-state index >= 15 is 0 Å². The molecule has 7 nitrogen and oxygen atoms in total. The van der Waals surface area contributed by atoms with Gasteiger partial charge >= 0.3 is 0 Å². The Bertz CT molecular complexity index is 802. The van der Waals surface area contributed by atoms with E-state index in [4.69, 9.17) is 16.3 Å². The number of nitro benzene ring substituents is 1. The molecular formula is C12H7ClN4O3. The van der Waals surface area contributed by atoms with Gasteiger partial charge in [0.1, 0.15) is 17.8 Å². The second-order valence-corrected chi connectivity index (χ2v) is 4.31. The van der Waals surface area contributed by atoms with E-state index in [1.807, 2.05) is 0 Å².